The Hall–Kier alpha value is -2.35. The highest BCUT2D eigenvalue weighted by molar-refractivity contribution is 5.84. The van der Waals surface area contributed by atoms with E-state index in [1.54, 1.807) is 0 Å². The molecule has 22 heavy (non-hydrogen) atoms. The molecule has 0 bridgehead atoms. The van der Waals surface area contributed by atoms with Gasteiger partial charge in [0.1, 0.15) is 5.82 Å². The summed E-state index contributed by atoms with van der Waals surface area (Å²) < 4.78 is 0. The first kappa shape index (κ1) is 13.3. The quantitative estimate of drug-likeness (QED) is 0.636. The number of hydrogen-bond acceptors (Lipinski definition) is 2. The summed E-state index contributed by atoms with van der Waals surface area (Å²) in [6.07, 6.45) is 1.07. The molecular formula is C20H20N2. The van der Waals surface area contributed by atoms with Gasteiger partial charge in [-0.05, 0) is 73.7 Å². The first-order valence-electron chi connectivity index (χ1n) is 7.87. The van der Waals surface area contributed by atoms with Crippen LogP contribution < -0.4 is 4.90 Å². The van der Waals surface area contributed by atoms with Crippen LogP contribution in [0.5, 0.6) is 0 Å². The number of benzene rings is 2. The fourth-order valence-electron chi connectivity index (χ4n) is 3.21. The van der Waals surface area contributed by atoms with Gasteiger partial charge in [0.2, 0.25) is 0 Å². The van der Waals surface area contributed by atoms with Crippen molar-refractivity contribution in [2.45, 2.75) is 27.2 Å². The minimum atomic E-state index is 1.01. The molecule has 0 amide bonds. The van der Waals surface area contributed by atoms with Gasteiger partial charge in [0.15, 0.2) is 0 Å². The maximum absolute atomic E-state index is 4.95. The van der Waals surface area contributed by atoms with Gasteiger partial charge in [0, 0.05) is 17.6 Å². The number of anilines is 2. The van der Waals surface area contributed by atoms with Gasteiger partial charge < -0.3 is 4.90 Å². The largest absolute Gasteiger partial charge is 0.326 e. The van der Waals surface area contributed by atoms with Crippen LogP contribution in [0.15, 0.2) is 42.5 Å². The molecule has 0 radical (unpaired) electrons. The summed E-state index contributed by atoms with van der Waals surface area (Å²) in [6, 6.07) is 15.5. The number of aryl methyl sites for hydroxylation is 3. The Kier molecular flexibility index (Phi) is 2.93. The molecule has 110 valence electrons. The zero-order valence-corrected chi connectivity index (χ0v) is 13.4. The van der Waals surface area contributed by atoms with Crippen LogP contribution in [0.3, 0.4) is 0 Å². The maximum atomic E-state index is 4.95. The molecule has 4 rings (SSSR count). The Morgan fingerprint density at radius 3 is 2.59 bits per heavy atom. The molecule has 0 atom stereocenters. The Morgan fingerprint density at radius 1 is 0.909 bits per heavy atom. The van der Waals surface area contributed by atoms with E-state index in [-0.39, 0.29) is 0 Å². The van der Waals surface area contributed by atoms with E-state index in [1.807, 2.05) is 0 Å². The Morgan fingerprint density at radius 2 is 1.77 bits per heavy atom. The molecule has 0 saturated heterocycles. The lowest BCUT2D eigenvalue weighted by Crippen LogP contribution is -2.14. The van der Waals surface area contributed by atoms with Gasteiger partial charge in [-0.3, -0.25) is 0 Å². The van der Waals surface area contributed by atoms with Crippen LogP contribution in [0, 0.1) is 20.8 Å². The highest BCUT2D eigenvalue weighted by Gasteiger charge is 2.22. The minimum Gasteiger partial charge on any atom is -0.326 e. The standard InChI is InChI=1S/C20H20N2/c1-13-4-6-16-12-17-8-9-22(20(17)21-19(16)10-13)18-7-5-14(2)15(3)11-18/h4-7,10-12H,8-9H2,1-3H3. The molecule has 1 aromatic heterocycles. The van der Waals surface area contributed by atoms with E-state index in [0.29, 0.717) is 0 Å². The third-order valence-corrected chi connectivity index (χ3v) is 4.69. The highest BCUT2D eigenvalue weighted by Crippen LogP contribution is 2.35. The first-order valence-corrected chi connectivity index (χ1v) is 7.87. The lowest BCUT2D eigenvalue weighted by Gasteiger charge is -2.20. The molecule has 0 N–H and O–H groups in total. The number of pyridine rings is 1. The molecule has 1 aliphatic heterocycles. The summed E-state index contributed by atoms with van der Waals surface area (Å²) in [5.74, 6) is 1.13. The van der Waals surface area contributed by atoms with Crippen molar-refractivity contribution in [3.8, 4) is 0 Å². The molecule has 0 aliphatic carbocycles. The van der Waals surface area contributed by atoms with Gasteiger partial charge in [-0.1, -0.05) is 18.2 Å². The molecule has 0 unspecified atom stereocenters. The average Bonchev–Trinajstić information content (AvgIpc) is 2.90. The zero-order chi connectivity index (χ0) is 15.3. The van der Waals surface area contributed by atoms with Gasteiger partial charge in [0.25, 0.3) is 0 Å². The van der Waals surface area contributed by atoms with Crippen LogP contribution in [-0.4, -0.2) is 11.5 Å². The number of nitrogens with zero attached hydrogens (tertiary/aromatic N) is 2. The second-order valence-corrected chi connectivity index (χ2v) is 6.34. The number of rotatable bonds is 1. The molecule has 0 saturated carbocycles. The summed E-state index contributed by atoms with van der Waals surface area (Å²) in [5, 5.41) is 1.24. The lowest BCUT2D eigenvalue weighted by molar-refractivity contribution is 0.989. The van der Waals surface area contributed by atoms with Crippen molar-refractivity contribution in [1.82, 2.24) is 4.98 Å². The predicted octanol–water partition coefficient (Wildman–Crippen LogP) is 4.85. The summed E-state index contributed by atoms with van der Waals surface area (Å²) in [6.45, 7) is 7.47. The fourth-order valence-corrected chi connectivity index (χ4v) is 3.21. The van der Waals surface area contributed by atoms with Crippen LogP contribution in [0.1, 0.15) is 22.3 Å². The predicted molar refractivity (Wildman–Crippen MR) is 93.1 cm³/mol. The van der Waals surface area contributed by atoms with Crippen molar-refractivity contribution >= 4 is 22.4 Å². The van der Waals surface area contributed by atoms with Gasteiger partial charge in [-0.25, -0.2) is 4.98 Å². The van der Waals surface area contributed by atoms with Crippen molar-refractivity contribution in [3.63, 3.8) is 0 Å². The van der Waals surface area contributed by atoms with Gasteiger partial charge in [-0.15, -0.1) is 0 Å². The van der Waals surface area contributed by atoms with Crippen molar-refractivity contribution < 1.29 is 0 Å². The second kappa shape index (κ2) is 4.84. The topological polar surface area (TPSA) is 16.1 Å². The molecule has 2 nitrogen and oxygen atoms in total. The van der Waals surface area contributed by atoms with E-state index >= 15 is 0 Å². The molecule has 0 spiro atoms. The first-order chi connectivity index (χ1) is 10.6. The van der Waals surface area contributed by atoms with Gasteiger partial charge in [0.05, 0.1) is 5.52 Å². The van der Waals surface area contributed by atoms with Crippen molar-refractivity contribution in [1.29, 1.82) is 0 Å². The second-order valence-electron chi connectivity index (χ2n) is 6.34. The number of aromatic nitrogens is 1. The zero-order valence-electron chi connectivity index (χ0n) is 13.4. The van der Waals surface area contributed by atoms with E-state index in [2.05, 4.69) is 68.1 Å². The van der Waals surface area contributed by atoms with E-state index in [0.717, 1.165) is 24.3 Å². The van der Waals surface area contributed by atoms with Crippen LogP contribution in [0.25, 0.3) is 10.9 Å². The van der Waals surface area contributed by atoms with Gasteiger partial charge in [-0.2, -0.15) is 0 Å². The lowest BCUT2D eigenvalue weighted by atomic mass is 10.1. The third kappa shape index (κ3) is 2.07. The molecule has 2 heterocycles. The SMILES string of the molecule is Cc1ccc2cc3c(nc2c1)N(c1ccc(C)c(C)c1)CC3. The maximum Gasteiger partial charge on any atom is 0.137 e. The van der Waals surface area contributed by atoms with Crippen molar-refractivity contribution in [2.24, 2.45) is 0 Å². The average molecular weight is 288 g/mol. The molecule has 1 aliphatic rings. The Labute approximate surface area is 131 Å². The van der Waals surface area contributed by atoms with E-state index in [9.17, 15) is 0 Å². The van der Waals surface area contributed by atoms with E-state index in [1.165, 1.54) is 33.3 Å². The van der Waals surface area contributed by atoms with Crippen LogP contribution in [0.2, 0.25) is 0 Å². The van der Waals surface area contributed by atoms with Crippen LogP contribution in [-0.2, 0) is 6.42 Å². The molecule has 3 aromatic rings. The Balaban J connectivity index is 1.85. The van der Waals surface area contributed by atoms with Crippen LogP contribution in [0.4, 0.5) is 11.5 Å². The summed E-state index contributed by atoms with van der Waals surface area (Å²) in [7, 11) is 0. The molecule has 2 aromatic carbocycles. The van der Waals surface area contributed by atoms with E-state index in [4.69, 9.17) is 4.98 Å². The van der Waals surface area contributed by atoms with Crippen molar-refractivity contribution in [3.05, 3.63) is 64.7 Å². The summed E-state index contributed by atoms with van der Waals surface area (Å²) in [4.78, 5) is 7.30. The number of hydrogen-bond donors (Lipinski definition) is 0. The summed E-state index contributed by atoms with van der Waals surface area (Å²) in [5.41, 5.74) is 7.63. The summed E-state index contributed by atoms with van der Waals surface area (Å²) >= 11 is 0. The fraction of sp³-hybridized carbons (Fsp3) is 0.250. The molecule has 0 fully saturated rings. The molecular weight excluding hydrogens is 268 g/mol. The van der Waals surface area contributed by atoms with Crippen LogP contribution >= 0.6 is 0 Å². The van der Waals surface area contributed by atoms with E-state index < -0.39 is 0 Å². The minimum absolute atomic E-state index is 1.01. The molecule has 2 heteroatoms. The normalized spacial score (nSPS) is 13.7. The highest BCUT2D eigenvalue weighted by atomic mass is 15.2. The van der Waals surface area contributed by atoms with Gasteiger partial charge >= 0.3 is 0 Å². The monoisotopic (exact) mass is 288 g/mol. The van der Waals surface area contributed by atoms with Crippen molar-refractivity contribution in [2.75, 3.05) is 11.4 Å². The number of fused-ring (bicyclic) bond motifs is 2. The smallest absolute Gasteiger partial charge is 0.137 e. The third-order valence-electron chi connectivity index (χ3n) is 4.69. The Bertz CT molecular complexity index is 880.